The highest BCUT2D eigenvalue weighted by molar-refractivity contribution is 9.10. The first kappa shape index (κ1) is 17.5. The van der Waals surface area contributed by atoms with E-state index in [1.165, 1.54) is 0 Å². The van der Waals surface area contributed by atoms with Crippen LogP contribution in [-0.2, 0) is 10.0 Å². The van der Waals surface area contributed by atoms with Gasteiger partial charge in [-0.05, 0) is 41.4 Å². The second-order valence-corrected chi connectivity index (χ2v) is 6.89. The van der Waals surface area contributed by atoms with E-state index in [4.69, 9.17) is 5.73 Å². The molecule has 0 aliphatic rings. The lowest BCUT2D eigenvalue weighted by Gasteiger charge is -2.08. The smallest absolute Gasteiger partial charge is 0.243 e. The van der Waals surface area contributed by atoms with Gasteiger partial charge in [-0.25, -0.2) is 21.9 Å². The molecule has 3 N–H and O–H groups in total. The number of nitrogens with one attached hydrogen (secondary N) is 1. The Labute approximate surface area is 125 Å². The molecule has 1 aromatic carbocycles. The van der Waals surface area contributed by atoms with Crippen LogP contribution in [0.15, 0.2) is 21.5 Å². The van der Waals surface area contributed by atoms with Crippen molar-refractivity contribution in [3.8, 4) is 0 Å². The summed E-state index contributed by atoms with van der Waals surface area (Å²) in [6.07, 6.45) is 3.31. The molecule has 0 saturated heterocycles. The van der Waals surface area contributed by atoms with Crippen molar-refractivity contribution in [1.82, 2.24) is 4.72 Å². The third kappa shape index (κ3) is 5.08. The number of hydrogen-bond acceptors (Lipinski definition) is 3. The standard InChI is InChI=1S/C12H17BrF2N2O2S/c13-9-7-12(11(15)8-10(9)14)20(18,19)17-6-4-2-1-3-5-16/h7-8,17H,1-6,16H2. The van der Waals surface area contributed by atoms with Crippen molar-refractivity contribution in [1.29, 1.82) is 0 Å². The van der Waals surface area contributed by atoms with Crippen molar-refractivity contribution in [2.75, 3.05) is 13.1 Å². The minimum Gasteiger partial charge on any atom is -0.330 e. The van der Waals surface area contributed by atoms with Crippen LogP contribution in [0.2, 0.25) is 0 Å². The summed E-state index contributed by atoms with van der Waals surface area (Å²) in [5.41, 5.74) is 5.34. The fourth-order valence-corrected chi connectivity index (χ4v) is 3.27. The first-order chi connectivity index (χ1) is 9.38. The summed E-state index contributed by atoms with van der Waals surface area (Å²) < 4.78 is 52.6. The third-order valence-electron chi connectivity index (χ3n) is 2.69. The SMILES string of the molecule is NCCCCCCNS(=O)(=O)c1cc(Br)c(F)cc1F. The van der Waals surface area contributed by atoms with Gasteiger partial charge in [0.15, 0.2) is 0 Å². The first-order valence-electron chi connectivity index (χ1n) is 6.23. The van der Waals surface area contributed by atoms with Gasteiger partial charge in [-0.2, -0.15) is 0 Å². The number of benzene rings is 1. The van der Waals surface area contributed by atoms with Gasteiger partial charge < -0.3 is 5.73 Å². The zero-order valence-corrected chi connectivity index (χ0v) is 13.2. The second-order valence-electron chi connectivity index (χ2n) is 4.30. The highest BCUT2D eigenvalue weighted by Gasteiger charge is 2.20. The lowest BCUT2D eigenvalue weighted by Crippen LogP contribution is -2.25. The summed E-state index contributed by atoms with van der Waals surface area (Å²) >= 11 is 2.84. The van der Waals surface area contributed by atoms with Gasteiger partial charge in [0.05, 0.1) is 4.47 Å². The molecule has 0 atom stereocenters. The molecule has 0 radical (unpaired) electrons. The van der Waals surface area contributed by atoms with E-state index >= 15 is 0 Å². The molecule has 0 spiro atoms. The molecule has 0 heterocycles. The van der Waals surface area contributed by atoms with Gasteiger partial charge in [0.1, 0.15) is 16.5 Å². The van der Waals surface area contributed by atoms with E-state index in [0.29, 0.717) is 19.0 Å². The maximum atomic E-state index is 13.5. The Bertz CT molecular complexity index is 553. The quantitative estimate of drug-likeness (QED) is 0.545. The van der Waals surface area contributed by atoms with Crippen molar-refractivity contribution in [2.45, 2.75) is 30.6 Å². The predicted molar refractivity (Wildman–Crippen MR) is 76.8 cm³/mol. The van der Waals surface area contributed by atoms with Crippen LogP contribution in [0.5, 0.6) is 0 Å². The summed E-state index contributed by atoms with van der Waals surface area (Å²) in [4.78, 5) is -0.562. The van der Waals surface area contributed by atoms with Gasteiger partial charge in [-0.3, -0.25) is 0 Å². The molecule has 4 nitrogen and oxygen atoms in total. The molecule has 0 amide bonds. The largest absolute Gasteiger partial charge is 0.330 e. The van der Waals surface area contributed by atoms with Gasteiger partial charge in [-0.1, -0.05) is 12.8 Å². The van der Waals surface area contributed by atoms with E-state index in [2.05, 4.69) is 20.7 Å². The van der Waals surface area contributed by atoms with E-state index < -0.39 is 26.6 Å². The number of hydrogen-bond donors (Lipinski definition) is 2. The zero-order chi connectivity index (χ0) is 15.2. The molecule has 0 bridgehead atoms. The number of nitrogens with two attached hydrogens (primary N) is 1. The normalized spacial score (nSPS) is 11.8. The molecule has 0 unspecified atom stereocenters. The van der Waals surface area contributed by atoms with Crippen molar-refractivity contribution in [2.24, 2.45) is 5.73 Å². The van der Waals surface area contributed by atoms with Crippen LogP contribution >= 0.6 is 15.9 Å². The van der Waals surface area contributed by atoms with Crippen LogP contribution in [0.25, 0.3) is 0 Å². The van der Waals surface area contributed by atoms with Crippen molar-refractivity contribution >= 4 is 26.0 Å². The summed E-state index contributed by atoms with van der Waals surface area (Å²) in [5.74, 6) is -1.95. The molecular formula is C12H17BrF2N2O2S. The molecule has 20 heavy (non-hydrogen) atoms. The average molecular weight is 371 g/mol. The Morgan fingerprint density at radius 2 is 1.75 bits per heavy atom. The molecule has 0 aromatic heterocycles. The summed E-state index contributed by atoms with van der Waals surface area (Å²) in [6.45, 7) is 0.821. The molecule has 0 aliphatic carbocycles. The van der Waals surface area contributed by atoms with Crippen molar-refractivity contribution in [3.05, 3.63) is 28.2 Å². The monoisotopic (exact) mass is 370 g/mol. The lowest BCUT2D eigenvalue weighted by atomic mass is 10.2. The van der Waals surface area contributed by atoms with E-state index in [-0.39, 0.29) is 11.0 Å². The fraction of sp³-hybridized carbons (Fsp3) is 0.500. The number of rotatable bonds is 8. The third-order valence-corrected chi connectivity index (χ3v) is 4.77. The van der Waals surface area contributed by atoms with Gasteiger partial charge in [0.2, 0.25) is 10.0 Å². The molecule has 8 heteroatoms. The van der Waals surface area contributed by atoms with Gasteiger partial charge in [0.25, 0.3) is 0 Å². The highest BCUT2D eigenvalue weighted by Crippen LogP contribution is 2.23. The second kappa shape index (κ2) is 8.02. The molecule has 0 fully saturated rings. The topological polar surface area (TPSA) is 72.2 Å². The Balaban J connectivity index is 2.63. The number of halogens is 3. The Hall–Kier alpha value is -0.570. The lowest BCUT2D eigenvalue weighted by molar-refractivity contribution is 0.538. The molecular weight excluding hydrogens is 354 g/mol. The maximum Gasteiger partial charge on any atom is 0.243 e. The van der Waals surface area contributed by atoms with Crippen LogP contribution in [-0.4, -0.2) is 21.5 Å². The van der Waals surface area contributed by atoms with Crippen LogP contribution in [0.4, 0.5) is 8.78 Å². The van der Waals surface area contributed by atoms with E-state index in [1.807, 2.05) is 0 Å². The Morgan fingerprint density at radius 1 is 1.10 bits per heavy atom. The molecule has 0 saturated carbocycles. The average Bonchev–Trinajstić information content (AvgIpc) is 2.37. The van der Waals surface area contributed by atoms with Crippen molar-refractivity contribution < 1.29 is 17.2 Å². The zero-order valence-electron chi connectivity index (χ0n) is 10.8. The number of unbranched alkanes of at least 4 members (excludes halogenated alkanes) is 3. The van der Waals surface area contributed by atoms with E-state index in [9.17, 15) is 17.2 Å². The van der Waals surface area contributed by atoms with E-state index in [0.717, 1.165) is 25.3 Å². The first-order valence-corrected chi connectivity index (χ1v) is 8.50. The Kier molecular flexibility index (Phi) is 7.01. The fourth-order valence-electron chi connectivity index (χ4n) is 1.62. The predicted octanol–water partition coefficient (Wildman–Crippen LogP) is 2.52. The van der Waals surface area contributed by atoms with E-state index in [1.54, 1.807) is 0 Å². The van der Waals surface area contributed by atoms with Gasteiger partial charge in [-0.15, -0.1) is 0 Å². The van der Waals surface area contributed by atoms with Gasteiger partial charge >= 0.3 is 0 Å². The minimum atomic E-state index is -3.97. The van der Waals surface area contributed by atoms with Crippen LogP contribution in [0.1, 0.15) is 25.7 Å². The minimum absolute atomic E-state index is 0.0952. The van der Waals surface area contributed by atoms with Crippen LogP contribution < -0.4 is 10.5 Å². The molecule has 0 aliphatic heterocycles. The number of sulfonamides is 1. The van der Waals surface area contributed by atoms with Gasteiger partial charge in [0, 0.05) is 12.6 Å². The summed E-state index contributed by atoms with van der Waals surface area (Å²) in [6, 6.07) is 1.46. The summed E-state index contributed by atoms with van der Waals surface area (Å²) in [7, 11) is -3.97. The molecule has 1 aromatic rings. The van der Waals surface area contributed by atoms with Crippen LogP contribution in [0, 0.1) is 11.6 Å². The Morgan fingerprint density at radius 3 is 2.40 bits per heavy atom. The van der Waals surface area contributed by atoms with Crippen LogP contribution in [0.3, 0.4) is 0 Å². The summed E-state index contributed by atoms with van der Waals surface area (Å²) in [5, 5.41) is 0. The maximum absolute atomic E-state index is 13.5. The van der Waals surface area contributed by atoms with Crippen molar-refractivity contribution in [3.63, 3.8) is 0 Å². The highest BCUT2D eigenvalue weighted by atomic mass is 79.9. The molecule has 1 rings (SSSR count). The molecule has 114 valence electrons.